The van der Waals surface area contributed by atoms with Crippen LogP contribution in [0.15, 0.2) is 29.1 Å². The summed E-state index contributed by atoms with van der Waals surface area (Å²) in [4.78, 5) is 48.3. The number of hydrogen-bond donors (Lipinski definition) is 3. The van der Waals surface area contributed by atoms with E-state index in [-0.39, 0.29) is 29.8 Å². The van der Waals surface area contributed by atoms with Gasteiger partial charge < -0.3 is 20.7 Å². The predicted octanol–water partition coefficient (Wildman–Crippen LogP) is 0.936. The third kappa shape index (κ3) is 5.81. The molecule has 10 heteroatoms. The maximum absolute atomic E-state index is 12.6. The van der Waals surface area contributed by atoms with E-state index in [9.17, 15) is 14.4 Å². The number of aromatic amines is 1. The molecule has 1 unspecified atom stereocenters. The number of likely N-dealkylation sites (tertiary alicyclic amines) is 1. The predicted molar refractivity (Wildman–Crippen MR) is 129 cm³/mol. The Kier molecular flexibility index (Phi) is 7.59. The standard InChI is InChI=1S/C24H32N6O4/c1-16-19(23(33)28-24(26-16)29-10-12-34-13-11-29)7-8-21(31)27-18-5-2-4-17(14-18)15-30-9-3-6-20(30)22(25)32/h2,4-5,14,20H,3,6-13,15H2,1H3,(H2,25,32)(H,27,31)(H,26,28,33). The van der Waals surface area contributed by atoms with Gasteiger partial charge in [0.1, 0.15) is 0 Å². The van der Waals surface area contributed by atoms with E-state index in [1.807, 2.05) is 29.2 Å². The first-order chi connectivity index (χ1) is 16.4. The van der Waals surface area contributed by atoms with Gasteiger partial charge in [0.05, 0.1) is 19.3 Å². The number of amides is 2. The molecule has 0 saturated carbocycles. The molecule has 0 radical (unpaired) electrons. The lowest BCUT2D eigenvalue weighted by molar-refractivity contribution is -0.122. The van der Waals surface area contributed by atoms with E-state index in [4.69, 9.17) is 10.5 Å². The van der Waals surface area contributed by atoms with E-state index in [1.54, 1.807) is 6.92 Å². The molecule has 3 heterocycles. The fraction of sp³-hybridized carbons (Fsp3) is 0.500. The van der Waals surface area contributed by atoms with Gasteiger partial charge in [0.2, 0.25) is 17.8 Å². The molecule has 10 nitrogen and oxygen atoms in total. The number of carbonyl (C=O) groups is 2. The molecule has 2 aliphatic rings. The Morgan fingerprint density at radius 1 is 1.26 bits per heavy atom. The molecule has 34 heavy (non-hydrogen) atoms. The van der Waals surface area contributed by atoms with Crippen molar-refractivity contribution in [2.24, 2.45) is 5.73 Å². The van der Waals surface area contributed by atoms with E-state index in [0.717, 1.165) is 24.9 Å². The van der Waals surface area contributed by atoms with E-state index in [1.165, 1.54) is 0 Å². The normalized spacial score (nSPS) is 18.7. The second-order valence-electron chi connectivity index (χ2n) is 8.83. The van der Waals surface area contributed by atoms with Crippen molar-refractivity contribution in [3.8, 4) is 0 Å². The van der Waals surface area contributed by atoms with Gasteiger partial charge in [0, 0.05) is 43.0 Å². The molecule has 2 saturated heterocycles. The van der Waals surface area contributed by atoms with Crippen molar-refractivity contribution in [2.75, 3.05) is 43.1 Å². The van der Waals surface area contributed by atoms with Crippen LogP contribution in [0.3, 0.4) is 0 Å². The number of hydrogen-bond acceptors (Lipinski definition) is 7. The molecule has 4 rings (SSSR count). The largest absolute Gasteiger partial charge is 0.378 e. The van der Waals surface area contributed by atoms with Gasteiger partial charge in [-0.05, 0) is 50.4 Å². The number of H-pyrrole nitrogens is 1. The van der Waals surface area contributed by atoms with Crippen molar-refractivity contribution in [1.82, 2.24) is 14.9 Å². The summed E-state index contributed by atoms with van der Waals surface area (Å²) in [5.74, 6) is 0.0801. The lowest BCUT2D eigenvalue weighted by Crippen LogP contribution is -2.39. The van der Waals surface area contributed by atoms with Gasteiger partial charge in [-0.25, -0.2) is 4.98 Å². The van der Waals surface area contributed by atoms with E-state index in [2.05, 4.69) is 20.2 Å². The molecular weight excluding hydrogens is 436 g/mol. The topological polar surface area (TPSA) is 134 Å². The summed E-state index contributed by atoms with van der Waals surface area (Å²) in [6.45, 7) is 5.82. The number of anilines is 2. The van der Waals surface area contributed by atoms with Crippen molar-refractivity contribution in [2.45, 2.75) is 45.2 Å². The summed E-state index contributed by atoms with van der Waals surface area (Å²) in [5.41, 5.74) is 8.14. The van der Waals surface area contributed by atoms with Gasteiger partial charge in [-0.3, -0.25) is 24.3 Å². The number of benzene rings is 1. The van der Waals surface area contributed by atoms with Crippen LogP contribution in [-0.2, 0) is 27.3 Å². The number of morpholine rings is 1. The lowest BCUT2D eigenvalue weighted by atomic mass is 10.1. The van der Waals surface area contributed by atoms with E-state index in [0.29, 0.717) is 62.2 Å². The Labute approximate surface area is 198 Å². The number of nitrogens with two attached hydrogens (primary N) is 1. The number of ether oxygens (including phenoxy) is 1. The molecule has 182 valence electrons. The summed E-state index contributed by atoms with van der Waals surface area (Å²) in [6, 6.07) is 7.35. The minimum atomic E-state index is -0.292. The Morgan fingerprint density at radius 3 is 2.79 bits per heavy atom. The van der Waals surface area contributed by atoms with Crippen LogP contribution in [0, 0.1) is 6.92 Å². The first-order valence-electron chi connectivity index (χ1n) is 11.8. The molecule has 4 N–H and O–H groups in total. The number of aryl methyl sites for hydroxylation is 1. The van der Waals surface area contributed by atoms with E-state index < -0.39 is 0 Å². The minimum absolute atomic E-state index is 0.169. The maximum Gasteiger partial charge on any atom is 0.255 e. The Hall–Kier alpha value is -3.24. The lowest BCUT2D eigenvalue weighted by Gasteiger charge is -2.27. The molecule has 2 amide bonds. The smallest absolute Gasteiger partial charge is 0.255 e. The van der Waals surface area contributed by atoms with Crippen LogP contribution >= 0.6 is 0 Å². The van der Waals surface area contributed by atoms with E-state index >= 15 is 0 Å². The van der Waals surface area contributed by atoms with Gasteiger partial charge in [0.15, 0.2) is 0 Å². The Balaban J connectivity index is 1.34. The Morgan fingerprint density at radius 2 is 2.06 bits per heavy atom. The van der Waals surface area contributed by atoms with Crippen molar-refractivity contribution in [3.05, 3.63) is 51.4 Å². The summed E-state index contributed by atoms with van der Waals surface area (Å²) < 4.78 is 5.35. The van der Waals surface area contributed by atoms with Crippen LogP contribution in [0.2, 0.25) is 0 Å². The molecule has 2 fully saturated rings. The second-order valence-corrected chi connectivity index (χ2v) is 8.83. The highest BCUT2D eigenvalue weighted by Gasteiger charge is 2.28. The quantitative estimate of drug-likeness (QED) is 0.525. The second kappa shape index (κ2) is 10.8. The molecule has 0 aliphatic carbocycles. The van der Waals surface area contributed by atoms with Crippen LogP contribution in [0.25, 0.3) is 0 Å². The van der Waals surface area contributed by atoms with Crippen molar-refractivity contribution in [1.29, 1.82) is 0 Å². The Bertz CT molecular complexity index is 1100. The number of nitrogens with one attached hydrogen (secondary N) is 2. The first-order valence-corrected chi connectivity index (χ1v) is 11.8. The SMILES string of the molecule is Cc1nc(N2CCOCC2)[nH]c(=O)c1CCC(=O)Nc1cccc(CN2CCCC2C(N)=O)c1. The summed E-state index contributed by atoms with van der Waals surface area (Å²) in [7, 11) is 0. The zero-order valence-electron chi connectivity index (χ0n) is 19.5. The fourth-order valence-corrected chi connectivity index (χ4v) is 4.60. The van der Waals surface area contributed by atoms with Crippen molar-refractivity contribution in [3.63, 3.8) is 0 Å². The summed E-state index contributed by atoms with van der Waals surface area (Å²) >= 11 is 0. The van der Waals surface area contributed by atoms with Crippen LogP contribution in [-0.4, -0.2) is 65.6 Å². The molecule has 0 bridgehead atoms. The van der Waals surface area contributed by atoms with Gasteiger partial charge in [0.25, 0.3) is 5.56 Å². The zero-order valence-corrected chi connectivity index (χ0v) is 19.5. The molecule has 1 atom stereocenters. The van der Waals surface area contributed by atoms with Gasteiger partial charge in [-0.1, -0.05) is 12.1 Å². The fourth-order valence-electron chi connectivity index (χ4n) is 4.60. The van der Waals surface area contributed by atoms with Gasteiger partial charge >= 0.3 is 0 Å². The molecule has 0 spiro atoms. The van der Waals surface area contributed by atoms with Gasteiger partial charge in [-0.15, -0.1) is 0 Å². The molecular formula is C24H32N6O4. The molecule has 1 aromatic carbocycles. The number of carbonyl (C=O) groups excluding carboxylic acids is 2. The number of primary amides is 1. The minimum Gasteiger partial charge on any atom is -0.378 e. The third-order valence-corrected chi connectivity index (χ3v) is 6.41. The van der Waals surface area contributed by atoms with Crippen LogP contribution in [0.5, 0.6) is 0 Å². The molecule has 1 aromatic heterocycles. The number of rotatable bonds is 8. The molecule has 2 aromatic rings. The third-order valence-electron chi connectivity index (χ3n) is 6.41. The summed E-state index contributed by atoms with van der Waals surface area (Å²) in [5, 5.41) is 2.91. The van der Waals surface area contributed by atoms with Gasteiger partial charge in [-0.2, -0.15) is 0 Å². The van der Waals surface area contributed by atoms with Crippen LogP contribution in [0.1, 0.15) is 36.1 Å². The first kappa shape index (κ1) is 23.9. The average molecular weight is 469 g/mol. The average Bonchev–Trinajstić information content (AvgIpc) is 3.27. The number of nitrogens with zero attached hydrogens (tertiary/aromatic N) is 3. The summed E-state index contributed by atoms with van der Waals surface area (Å²) in [6.07, 6.45) is 2.21. The molecule has 2 aliphatic heterocycles. The maximum atomic E-state index is 12.6. The van der Waals surface area contributed by atoms with Crippen LogP contribution in [0.4, 0.5) is 11.6 Å². The van der Waals surface area contributed by atoms with Crippen LogP contribution < -0.4 is 21.5 Å². The highest BCUT2D eigenvalue weighted by atomic mass is 16.5. The number of aromatic nitrogens is 2. The highest BCUT2D eigenvalue weighted by Crippen LogP contribution is 2.21. The highest BCUT2D eigenvalue weighted by molar-refractivity contribution is 5.90. The monoisotopic (exact) mass is 468 g/mol. The van der Waals surface area contributed by atoms with Crippen molar-refractivity contribution < 1.29 is 14.3 Å². The zero-order chi connectivity index (χ0) is 24.1. The van der Waals surface area contributed by atoms with Crippen molar-refractivity contribution >= 4 is 23.5 Å².